The highest BCUT2D eigenvalue weighted by molar-refractivity contribution is 8.15. The lowest BCUT2D eigenvalue weighted by Crippen LogP contribution is -2.37. The van der Waals surface area contributed by atoms with Crippen LogP contribution < -0.4 is 0 Å². The van der Waals surface area contributed by atoms with Gasteiger partial charge in [0.05, 0.1) is 17.5 Å². The lowest BCUT2D eigenvalue weighted by atomic mass is 10.1. The number of thioether (sulfide) groups is 1. The number of aliphatic imine (C=N–C) groups is 1. The number of sulfone groups is 1. The van der Waals surface area contributed by atoms with Crippen molar-refractivity contribution in [3.05, 3.63) is 35.4 Å². The summed E-state index contributed by atoms with van der Waals surface area (Å²) in [6.07, 6.45) is 0.749. The van der Waals surface area contributed by atoms with E-state index in [2.05, 4.69) is 4.99 Å². The molecule has 7 heteroatoms. The highest BCUT2D eigenvalue weighted by Crippen LogP contribution is 2.39. The Morgan fingerprint density at radius 3 is 2.64 bits per heavy atom. The van der Waals surface area contributed by atoms with Gasteiger partial charge < -0.3 is 4.90 Å². The van der Waals surface area contributed by atoms with Crippen molar-refractivity contribution in [3.63, 3.8) is 0 Å². The van der Waals surface area contributed by atoms with Crippen LogP contribution in [0.3, 0.4) is 0 Å². The number of carbonyl (C=O) groups excluding carboxylic acids is 1. The van der Waals surface area contributed by atoms with Gasteiger partial charge in [0, 0.05) is 17.7 Å². The molecule has 5 nitrogen and oxygen atoms in total. The van der Waals surface area contributed by atoms with Gasteiger partial charge in [0.1, 0.15) is 0 Å². The van der Waals surface area contributed by atoms with Crippen LogP contribution >= 0.6 is 11.8 Å². The van der Waals surface area contributed by atoms with Crippen LogP contribution in [-0.2, 0) is 21.2 Å². The van der Waals surface area contributed by atoms with Gasteiger partial charge in [0.2, 0.25) is 0 Å². The average Bonchev–Trinajstić information content (AvgIpc) is 3.01. The first-order valence-corrected chi connectivity index (χ1v) is 11.3. The van der Waals surface area contributed by atoms with Gasteiger partial charge in [0.15, 0.2) is 15.0 Å². The highest BCUT2D eigenvalue weighted by Gasteiger charge is 2.48. The molecule has 0 radical (unpaired) electrons. The summed E-state index contributed by atoms with van der Waals surface area (Å²) in [7, 11) is -3.01. The fourth-order valence-corrected chi connectivity index (χ4v) is 7.05. The molecule has 2 aliphatic heterocycles. The second-order valence-corrected chi connectivity index (χ2v) is 10.3. The van der Waals surface area contributed by atoms with E-state index < -0.39 is 9.84 Å². The Balaban J connectivity index is 1.88. The van der Waals surface area contributed by atoms with Gasteiger partial charge >= 0.3 is 0 Å². The molecule has 1 aromatic rings. The number of hydrogen-bond acceptors (Lipinski definition) is 4. The molecule has 2 fully saturated rings. The lowest BCUT2D eigenvalue weighted by Gasteiger charge is -2.24. The second-order valence-electron chi connectivity index (χ2n) is 6.96. The molecule has 3 rings (SSSR count). The normalized spacial score (nSPS) is 27.5. The summed E-state index contributed by atoms with van der Waals surface area (Å²) in [4.78, 5) is 18.6. The third kappa shape index (κ3) is 4.08. The molecule has 0 N–H and O–H groups in total. The van der Waals surface area contributed by atoms with Crippen molar-refractivity contribution in [2.24, 2.45) is 10.9 Å². The summed E-state index contributed by atoms with van der Waals surface area (Å²) in [6.45, 7) is 6.46. The topological polar surface area (TPSA) is 66.8 Å². The third-order valence-corrected chi connectivity index (χ3v) is 8.14. The molecule has 0 saturated carbocycles. The van der Waals surface area contributed by atoms with Gasteiger partial charge in [-0.25, -0.2) is 8.42 Å². The van der Waals surface area contributed by atoms with Crippen LogP contribution in [0.4, 0.5) is 0 Å². The zero-order valence-electron chi connectivity index (χ0n) is 14.8. The number of hydrogen-bond donors (Lipinski definition) is 0. The van der Waals surface area contributed by atoms with E-state index in [9.17, 15) is 13.2 Å². The summed E-state index contributed by atoms with van der Waals surface area (Å²) >= 11 is 1.45. The maximum absolute atomic E-state index is 12.3. The number of benzene rings is 1. The van der Waals surface area contributed by atoms with E-state index in [-0.39, 0.29) is 34.6 Å². The minimum Gasteiger partial charge on any atom is -0.342 e. The van der Waals surface area contributed by atoms with Gasteiger partial charge in [-0.3, -0.25) is 4.79 Å². The van der Waals surface area contributed by atoms with E-state index in [1.165, 1.54) is 17.3 Å². The molecule has 3 atom stereocenters. The Morgan fingerprint density at radius 2 is 2.00 bits per heavy atom. The van der Waals surface area contributed by atoms with E-state index in [0.29, 0.717) is 11.7 Å². The Bertz CT molecular complexity index is 787. The molecule has 0 unspecified atom stereocenters. The minimum atomic E-state index is -3.01. The predicted octanol–water partition coefficient (Wildman–Crippen LogP) is 2.64. The first kappa shape index (κ1) is 18.5. The molecule has 0 spiro atoms. The number of fused-ring (bicyclic) bond motifs is 1. The van der Waals surface area contributed by atoms with Crippen LogP contribution in [0.5, 0.6) is 0 Å². The largest absolute Gasteiger partial charge is 0.342 e. The van der Waals surface area contributed by atoms with Gasteiger partial charge in [-0.15, -0.1) is 0 Å². The molecule has 25 heavy (non-hydrogen) atoms. The summed E-state index contributed by atoms with van der Waals surface area (Å²) in [6, 6.07) is 8.08. The number of amidine groups is 1. The molecular formula is C18H24N2O3S2. The number of amides is 1. The fourth-order valence-electron chi connectivity index (χ4n) is 3.09. The van der Waals surface area contributed by atoms with Crippen LogP contribution in [0.2, 0.25) is 0 Å². The molecule has 2 aliphatic rings. The van der Waals surface area contributed by atoms with Crippen molar-refractivity contribution in [1.82, 2.24) is 4.90 Å². The van der Waals surface area contributed by atoms with Crippen LogP contribution in [0.15, 0.2) is 29.3 Å². The van der Waals surface area contributed by atoms with Gasteiger partial charge in [0.25, 0.3) is 5.91 Å². The SMILES string of the molecule is CC[C@@H](C)C(=O)N=C1S[C@H]2CS(=O)(=O)C[C@H]2N1Cc1ccc(C)cc1. The van der Waals surface area contributed by atoms with Crippen LogP contribution in [-0.4, -0.2) is 47.2 Å². The summed E-state index contributed by atoms with van der Waals surface area (Å²) in [5.74, 6) is 0.0799. The predicted molar refractivity (Wildman–Crippen MR) is 102 cm³/mol. The quantitative estimate of drug-likeness (QED) is 0.803. The van der Waals surface area contributed by atoms with Gasteiger partial charge in [-0.2, -0.15) is 4.99 Å². The van der Waals surface area contributed by atoms with Crippen molar-refractivity contribution < 1.29 is 13.2 Å². The first-order valence-electron chi connectivity index (χ1n) is 8.61. The summed E-state index contributed by atoms with van der Waals surface area (Å²) in [5.41, 5.74) is 2.28. The second kappa shape index (κ2) is 7.11. The fraction of sp³-hybridized carbons (Fsp3) is 0.556. The van der Waals surface area contributed by atoms with Gasteiger partial charge in [-0.1, -0.05) is 55.4 Å². The zero-order chi connectivity index (χ0) is 18.2. The van der Waals surface area contributed by atoms with Crippen molar-refractivity contribution in [2.75, 3.05) is 11.5 Å². The monoisotopic (exact) mass is 380 g/mol. The Hall–Kier alpha value is -1.34. The van der Waals surface area contributed by atoms with Crippen LogP contribution in [0, 0.1) is 12.8 Å². The number of carbonyl (C=O) groups is 1. The van der Waals surface area contributed by atoms with E-state index in [4.69, 9.17) is 0 Å². The van der Waals surface area contributed by atoms with Crippen LogP contribution in [0.1, 0.15) is 31.4 Å². The van der Waals surface area contributed by atoms with Gasteiger partial charge in [-0.05, 0) is 18.9 Å². The third-order valence-electron chi connectivity index (χ3n) is 4.89. The Kier molecular flexibility index (Phi) is 5.25. The molecule has 2 heterocycles. The number of aryl methyl sites for hydroxylation is 1. The van der Waals surface area contributed by atoms with Crippen molar-refractivity contribution in [2.45, 2.75) is 45.0 Å². The first-order chi connectivity index (χ1) is 11.8. The standard InChI is InChI=1S/C18H24N2O3S2/c1-4-13(3)17(21)19-18-20(9-14-7-5-12(2)6-8-14)15-10-25(22,23)11-16(15)24-18/h5-8,13,15-16H,4,9-11H2,1-3H3/t13-,15-,16+/m1/s1. The molecule has 136 valence electrons. The van der Waals surface area contributed by atoms with Crippen molar-refractivity contribution >= 4 is 32.7 Å². The van der Waals surface area contributed by atoms with E-state index in [1.54, 1.807) is 0 Å². The molecule has 2 saturated heterocycles. The van der Waals surface area contributed by atoms with E-state index in [1.807, 2.05) is 49.9 Å². The average molecular weight is 381 g/mol. The maximum Gasteiger partial charge on any atom is 0.250 e. The van der Waals surface area contributed by atoms with Crippen molar-refractivity contribution in [3.8, 4) is 0 Å². The summed E-state index contributed by atoms with van der Waals surface area (Å²) < 4.78 is 24.0. The van der Waals surface area contributed by atoms with Crippen molar-refractivity contribution in [1.29, 1.82) is 0 Å². The number of rotatable bonds is 4. The molecule has 1 aromatic carbocycles. The molecule has 0 aliphatic carbocycles. The zero-order valence-corrected chi connectivity index (χ0v) is 16.4. The summed E-state index contributed by atoms with van der Waals surface area (Å²) in [5, 5.41) is 0.648. The molecule has 0 bridgehead atoms. The molecule has 1 amide bonds. The maximum atomic E-state index is 12.3. The molecular weight excluding hydrogens is 356 g/mol. The number of nitrogens with zero attached hydrogens (tertiary/aromatic N) is 2. The van der Waals surface area contributed by atoms with E-state index >= 15 is 0 Å². The van der Waals surface area contributed by atoms with E-state index in [0.717, 1.165) is 12.0 Å². The molecule has 0 aromatic heterocycles. The smallest absolute Gasteiger partial charge is 0.250 e. The highest BCUT2D eigenvalue weighted by atomic mass is 32.2. The minimum absolute atomic E-state index is 0.0288. The Morgan fingerprint density at radius 1 is 1.32 bits per heavy atom. The Labute approximate surface area is 153 Å². The van der Waals surface area contributed by atoms with Crippen LogP contribution in [0.25, 0.3) is 0 Å². The lowest BCUT2D eigenvalue weighted by molar-refractivity contribution is -0.121.